The highest BCUT2D eigenvalue weighted by molar-refractivity contribution is 6.04. The van der Waals surface area contributed by atoms with Crippen molar-refractivity contribution in [3.63, 3.8) is 0 Å². The lowest BCUT2D eigenvalue weighted by molar-refractivity contribution is -0.123. The van der Waals surface area contributed by atoms with E-state index in [1.807, 2.05) is 19.1 Å². The van der Waals surface area contributed by atoms with Gasteiger partial charge in [0, 0.05) is 24.2 Å². The van der Waals surface area contributed by atoms with E-state index in [2.05, 4.69) is 39.3 Å². The molecule has 2 aliphatic rings. The molecule has 158 valence electrons. The normalized spacial score (nSPS) is 23.5. The van der Waals surface area contributed by atoms with Crippen LogP contribution in [0.4, 0.5) is 17.5 Å². The van der Waals surface area contributed by atoms with Crippen LogP contribution in [0.1, 0.15) is 56.6 Å². The highest BCUT2D eigenvalue weighted by Crippen LogP contribution is 2.32. The van der Waals surface area contributed by atoms with E-state index in [-0.39, 0.29) is 41.4 Å². The zero-order valence-corrected chi connectivity index (χ0v) is 17.5. The summed E-state index contributed by atoms with van der Waals surface area (Å²) in [7, 11) is 0. The summed E-state index contributed by atoms with van der Waals surface area (Å²) in [5, 5.41) is 5.50. The number of nitrogens with one attached hydrogen (secondary N) is 3. The SMILES string of the molecule is Cc1ccc(NC(=O)[C@@H]2CC(=O)Nc3nc(N4[C@@H](C)CCC[C@@H]4C)[nH]c(=O)c32)cc1. The van der Waals surface area contributed by atoms with Crippen molar-refractivity contribution in [1.82, 2.24) is 9.97 Å². The average Bonchev–Trinajstić information content (AvgIpc) is 2.68. The van der Waals surface area contributed by atoms with E-state index in [1.54, 1.807) is 12.1 Å². The molecule has 3 N–H and O–H groups in total. The molecule has 0 aliphatic carbocycles. The van der Waals surface area contributed by atoms with Crippen LogP contribution >= 0.6 is 0 Å². The molecule has 0 saturated carbocycles. The maximum atomic E-state index is 13.0. The van der Waals surface area contributed by atoms with Crippen LogP contribution in [-0.4, -0.2) is 33.9 Å². The molecule has 30 heavy (non-hydrogen) atoms. The van der Waals surface area contributed by atoms with Gasteiger partial charge in [0.15, 0.2) is 0 Å². The minimum Gasteiger partial charge on any atom is -0.337 e. The number of nitrogens with zero attached hydrogens (tertiary/aromatic N) is 2. The Morgan fingerprint density at radius 3 is 2.47 bits per heavy atom. The van der Waals surface area contributed by atoms with E-state index in [0.29, 0.717) is 11.6 Å². The van der Waals surface area contributed by atoms with Gasteiger partial charge < -0.3 is 15.5 Å². The maximum Gasteiger partial charge on any atom is 0.258 e. The molecule has 2 aliphatic heterocycles. The molecule has 3 heterocycles. The predicted octanol–water partition coefficient (Wildman–Crippen LogP) is 2.91. The number of carbonyl (C=O) groups excluding carboxylic acids is 2. The number of anilines is 3. The van der Waals surface area contributed by atoms with Crippen molar-refractivity contribution in [2.75, 3.05) is 15.5 Å². The molecule has 1 aromatic heterocycles. The molecule has 0 bridgehead atoms. The van der Waals surface area contributed by atoms with Gasteiger partial charge in [-0.25, -0.2) is 0 Å². The number of hydrogen-bond acceptors (Lipinski definition) is 5. The van der Waals surface area contributed by atoms with E-state index in [9.17, 15) is 14.4 Å². The third kappa shape index (κ3) is 3.81. The number of piperidine rings is 1. The van der Waals surface area contributed by atoms with Crippen LogP contribution in [0.25, 0.3) is 0 Å². The van der Waals surface area contributed by atoms with E-state index in [0.717, 1.165) is 24.8 Å². The highest BCUT2D eigenvalue weighted by atomic mass is 16.2. The van der Waals surface area contributed by atoms with Gasteiger partial charge in [-0.15, -0.1) is 0 Å². The Labute approximate surface area is 175 Å². The summed E-state index contributed by atoms with van der Waals surface area (Å²) in [5.41, 5.74) is 1.52. The van der Waals surface area contributed by atoms with Gasteiger partial charge in [0.05, 0.1) is 11.5 Å². The lowest BCUT2D eigenvalue weighted by Gasteiger charge is -2.39. The molecule has 0 spiro atoms. The predicted molar refractivity (Wildman–Crippen MR) is 116 cm³/mol. The fourth-order valence-corrected chi connectivity index (χ4v) is 4.41. The smallest absolute Gasteiger partial charge is 0.258 e. The van der Waals surface area contributed by atoms with Crippen LogP contribution in [0.2, 0.25) is 0 Å². The number of aromatic nitrogens is 2. The number of aromatic amines is 1. The van der Waals surface area contributed by atoms with Gasteiger partial charge in [0.1, 0.15) is 5.82 Å². The number of carbonyl (C=O) groups is 2. The quantitative estimate of drug-likeness (QED) is 0.723. The summed E-state index contributed by atoms with van der Waals surface area (Å²) >= 11 is 0. The molecule has 1 fully saturated rings. The zero-order chi connectivity index (χ0) is 21.4. The second kappa shape index (κ2) is 7.93. The molecule has 2 aromatic rings. The Morgan fingerprint density at radius 1 is 1.13 bits per heavy atom. The van der Waals surface area contributed by atoms with Gasteiger partial charge >= 0.3 is 0 Å². The number of rotatable bonds is 3. The Kier molecular flexibility index (Phi) is 5.32. The summed E-state index contributed by atoms with van der Waals surface area (Å²) in [6, 6.07) is 7.82. The summed E-state index contributed by atoms with van der Waals surface area (Å²) < 4.78 is 0. The maximum absolute atomic E-state index is 13.0. The number of amides is 2. The molecular formula is C22H27N5O3. The fourth-order valence-electron chi connectivity index (χ4n) is 4.41. The van der Waals surface area contributed by atoms with Crippen LogP contribution in [0.3, 0.4) is 0 Å². The van der Waals surface area contributed by atoms with Crippen LogP contribution in [0.5, 0.6) is 0 Å². The van der Waals surface area contributed by atoms with Gasteiger partial charge in [0.2, 0.25) is 17.8 Å². The van der Waals surface area contributed by atoms with Crippen LogP contribution in [0, 0.1) is 6.92 Å². The van der Waals surface area contributed by atoms with E-state index < -0.39 is 11.8 Å². The topological polar surface area (TPSA) is 107 Å². The number of hydrogen-bond donors (Lipinski definition) is 3. The van der Waals surface area contributed by atoms with Crippen molar-refractivity contribution in [1.29, 1.82) is 0 Å². The van der Waals surface area contributed by atoms with Crippen molar-refractivity contribution in [3.05, 3.63) is 45.7 Å². The Morgan fingerprint density at radius 2 is 1.80 bits per heavy atom. The summed E-state index contributed by atoms with van der Waals surface area (Å²) in [6.45, 7) is 6.16. The van der Waals surface area contributed by atoms with Crippen molar-refractivity contribution >= 4 is 29.3 Å². The molecule has 4 rings (SSSR count). The number of benzene rings is 1. The van der Waals surface area contributed by atoms with E-state index in [1.165, 1.54) is 0 Å². The lowest BCUT2D eigenvalue weighted by atomic mass is 9.92. The molecule has 8 heteroatoms. The zero-order valence-electron chi connectivity index (χ0n) is 17.5. The first-order valence-corrected chi connectivity index (χ1v) is 10.4. The molecule has 1 aromatic carbocycles. The fraction of sp³-hybridized carbons (Fsp3) is 0.455. The summed E-state index contributed by atoms with van der Waals surface area (Å²) in [4.78, 5) is 47.7. The molecule has 8 nitrogen and oxygen atoms in total. The largest absolute Gasteiger partial charge is 0.337 e. The molecule has 3 atom stereocenters. The van der Waals surface area contributed by atoms with Gasteiger partial charge in [-0.2, -0.15) is 4.98 Å². The van der Waals surface area contributed by atoms with Crippen LogP contribution in [0.15, 0.2) is 29.1 Å². The Balaban J connectivity index is 1.67. The van der Waals surface area contributed by atoms with Gasteiger partial charge in [-0.05, 0) is 52.2 Å². The molecule has 2 amide bonds. The minimum atomic E-state index is -0.892. The second-order valence-corrected chi connectivity index (χ2v) is 8.35. The Hall–Kier alpha value is -3.16. The monoisotopic (exact) mass is 409 g/mol. The van der Waals surface area contributed by atoms with E-state index in [4.69, 9.17) is 0 Å². The van der Waals surface area contributed by atoms with Gasteiger partial charge in [-0.1, -0.05) is 17.7 Å². The van der Waals surface area contributed by atoms with Crippen molar-refractivity contribution < 1.29 is 9.59 Å². The van der Waals surface area contributed by atoms with E-state index >= 15 is 0 Å². The molecule has 0 radical (unpaired) electrons. The van der Waals surface area contributed by atoms with Crippen LogP contribution < -0.4 is 21.1 Å². The molecular weight excluding hydrogens is 382 g/mol. The van der Waals surface area contributed by atoms with Gasteiger partial charge in [0.25, 0.3) is 5.56 Å². The first-order valence-electron chi connectivity index (χ1n) is 10.4. The minimum absolute atomic E-state index is 0.0919. The average molecular weight is 409 g/mol. The van der Waals surface area contributed by atoms with Crippen LogP contribution in [-0.2, 0) is 9.59 Å². The first-order chi connectivity index (χ1) is 14.3. The van der Waals surface area contributed by atoms with Crippen molar-refractivity contribution in [2.45, 2.75) is 64.5 Å². The molecule has 1 saturated heterocycles. The first kappa shape index (κ1) is 20.1. The van der Waals surface area contributed by atoms with Crippen molar-refractivity contribution in [2.24, 2.45) is 0 Å². The molecule has 0 unspecified atom stereocenters. The lowest BCUT2D eigenvalue weighted by Crippen LogP contribution is -2.46. The standard InChI is InChI=1S/C22H27N5O3/c1-12-7-9-15(10-8-12)23-20(29)16-11-17(28)24-19-18(16)21(30)26-22(25-19)27-13(2)5-4-6-14(27)3/h7-10,13-14,16H,4-6,11H2,1-3H3,(H,23,29)(H2,24,25,26,28,30)/t13-,14-,16+/m0/s1. The number of fused-ring (bicyclic) bond motifs is 1. The summed E-state index contributed by atoms with van der Waals surface area (Å²) in [6.07, 6.45) is 3.06. The van der Waals surface area contributed by atoms with Crippen molar-refractivity contribution in [3.8, 4) is 0 Å². The number of aryl methyl sites for hydroxylation is 1. The third-order valence-electron chi connectivity index (χ3n) is 6.01. The third-order valence-corrected chi connectivity index (χ3v) is 6.01. The second-order valence-electron chi connectivity index (χ2n) is 8.35. The number of H-pyrrole nitrogens is 1. The Bertz CT molecular complexity index is 1020. The highest BCUT2D eigenvalue weighted by Gasteiger charge is 2.36. The summed E-state index contributed by atoms with van der Waals surface area (Å²) in [5.74, 6) is -0.987. The van der Waals surface area contributed by atoms with Gasteiger partial charge in [-0.3, -0.25) is 19.4 Å².